The summed E-state index contributed by atoms with van der Waals surface area (Å²) in [7, 11) is 0. The number of hydrogen-bond acceptors (Lipinski definition) is 2. The van der Waals surface area contributed by atoms with Gasteiger partial charge in [0, 0.05) is 10.7 Å². The number of nitrogens with one attached hydrogen (secondary N) is 1. The molecule has 1 aliphatic rings. The summed E-state index contributed by atoms with van der Waals surface area (Å²) >= 11 is 3.35. The van der Waals surface area contributed by atoms with Gasteiger partial charge in [-0.2, -0.15) is 0 Å². The lowest BCUT2D eigenvalue weighted by Crippen LogP contribution is -2.35. The first-order chi connectivity index (χ1) is 5.36. The molecule has 11 heavy (non-hydrogen) atoms. The fourth-order valence-electron chi connectivity index (χ4n) is 1.13. The number of nitrogens with zero attached hydrogens (tertiary/aromatic N) is 1. The largest absolute Gasteiger partial charge is 0.309 e. The summed E-state index contributed by atoms with van der Waals surface area (Å²) in [5, 5.41) is 3.30. The van der Waals surface area contributed by atoms with Crippen molar-refractivity contribution in [2.75, 3.05) is 6.54 Å². The van der Waals surface area contributed by atoms with E-state index in [1.165, 1.54) is 6.42 Å². The van der Waals surface area contributed by atoms with Gasteiger partial charge in [0.25, 0.3) is 0 Å². The number of hydrogen-bond donors (Lipinski definition) is 1. The van der Waals surface area contributed by atoms with Gasteiger partial charge in [-0.3, -0.25) is 4.98 Å². The Balaban J connectivity index is 2.18. The van der Waals surface area contributed by atoms with Crippen molar-refractivity contribution >= 4 is 15.9 Å². The maximum Gasteiger partial charge on any atom is 0.0574 e. The minimum atomic E-state index is 0.503. The minimum Gasteiger partial charge on any atom is -0.309 e. The second kappa shape index (κ2) is 2.91. The van der Waals surface area contributed by atoms with E-state index >= 15 is 0 Å². The molecule has 1 unspecified atom stereocenters. The predicted octanol–water partition coefficient (Wildman–Crippen LogP) is 1.88. The van der Waals surface area contributed by atoms with E-state index in [0.29, 0.717) is 6.04 Å². The molecule has 2 heterocycles. The van der Waals surface area contributed by atoms with Crippen LogP contribution in [0.25, 0.3) is 0 Å². The summed E-state index contributed by atoms with van der Waals surface area (Å²) in [4.78, 5) is 4.29. The van der Waals surface area contributed by atoms with Gasteiger partial charge in [-0.05, 0) is 41.0 Å². The van der Waals surface area contributed by atoms with Gasteiger partial charge in [0.2, 0.25) is 0 Å². The molecule has 0 spiro atoms. The first-order valence-corrected chi connectivity index (χ1v) is 4.50. The Hall–Kier alpha value is -0.410. The quantitative estimate of drug-likeness (QED) is 0.770. The van der Waals surface area contributed by atoms with Gasteiger partial charge < -0.3 is 5.32 Å². The highest BCUT2D eigenvalue weighted by Gasteiger charge is 2.18. The van der Waals surface area contributed by atoms with Crippen LogP contribution in [0.15, 0.2) is 22.8 Å². The van der Waals surface area contributed by atoms with Crippen molar-refractivity contribution in [3.63, 3.8) is 0 Å². The summed E-state index contributed by atoms with van der Waals surface area (Å²) in [6.45, 7) is 1.13. The van der Waals surface area contributed by atoms with Crippen molar-refractivity contribution in [3.05, 3.63) is 28.5 Å². The molecule has 2 rings (SSSR count). The van der Waals surface area contributed by atoms with Crippen molar-refractivity contribution < 1.29 is 0 Å². The SMILES string of the molecule is Brc1ccc(C2CCN2)nc1. The molecular formula is C8H9BrN2. The van der Waals surface area contributed by atoms with Crippen molar-refractivity contribution in [1.29, 1.82) is 0 Å². The second-order valence-corrected chi connectivity index (χ2v) is 3.61. The van der Waals surface area contributed by atoms with E-state index in [9.17, 15) is 0 Å². The van der Waals surface area contributed by atoms with Crippen LogP contribution in [0.3, 0.4) is 0 Å². The normalized spacial score (nSPS) is 22.8. The monoisotopic (exact) mass is 212 g/mol. The molecule has 2 nitrogen and oxygen atoms in total. The van der Waals surface area contributed by atoms with Crippen LogP contribution in [0, 0.1) is 0 Å². The van der Waals surface area contributed by atoms with Crippen LogP contribution >= 0.6 is 15.9 Å². The highest BCUT2D eigenvalue weighted by atomic mass is 79.9. The molecule has 1 aliphatic heterocycles. The molecule has 1 N–H and O–H groups in total. The molecule has 0 saturated carbocycles. The molecule has 0 amide bonds. The van der Waals surface area contributed by atoms with E-state index in [4.69, 9.17) is 0 Å². The molecule has 3 heteroatoms. The number of pyridine rings is 1. The number of aromatic nitrogens is 1. The lowest BCUT2D eigenvalue weighted by molar-refractivity contribution is 0.375. The second-order valence-electron chi connectivity index (χ2n) is 2.70. The van der Waals surface area contributed by atoms with E-state index in [2.05, 4.69) is 32.3 Å². The van der Waals surface area contributed by atoms with Crippen LogP contribution in [0.4, 0.5) is 0 Å². The first kappa shape index (κ1) is 7.25. The molecule has 0 aliphatic carbocycles. The summed E-state index contributed by atoms with van der Waals surface area (Å²) in [6.07, 6.45) is 3.06. The average molecular weight is 213 g/mol. The van der Waals surface area contributed by atoms with Gasteiger partial charge in [-0.1, -0.05) is 0 Å². The van der Waals surface area contributed by atoms with E-state index in [1.54, 1.807) is 0 Å². The zero-order valence-electron chi connectivity index (χ0n) is 6.05. The zero-order valence-corrected chi connectivity index (χ0v) is 7.63. The van der Waals surface area contributed by atoms with Gasteiger partial charge in [0.1, 0.15) is 0 Å². The third kappa shape index (κ3) is 1.44. The Morgan fingerprint density at radius 3 is 2.82 bits per heavy atom. The Bertz CT molecular complexity index is 241. The van der Waals surface area contributed by atoms with Crippen LogP contribution in [0.1, 0.15) is 18.2 Å². The van der Waals surface area contributed by atoms with Gasteiger partial charge in [0.05, 0.1) is 11.7 Å². The van der Waals surface area contributed by atoms with E-state index in [0.717, 1.165) is 16.7 Å². The summed E-state index contributed by atoms with van der Waals surface area (Å²) < 4.78 is 1.04. The van der Waals surface area contributed by atoms with Crippen LogP contribution in [0.2, 0.25) is 0 Å². The molecule has 1 aromatic heterocycles. The molecule has 0 aromatic carbocycles. The third-order valence-corrected chi connectivity index (χ3v) is 2.40. The lowest BCUT2D eigenvalue weighted by atomic mass is 10.0. The van der Waals surface area contributed by atoms with Gasteiger partial charge in [0.15, 0.2) is 0 Å². The molecule has 0 bridgehead atoms. The fraction of sp³-hybridized carbons (Fsp3) is 0.375. The smallest absolute Gasteiger partial charge is 0.0574 e. The van der Waals surface area contributed by atoms with Crippen molar-refractivity contribution in [2.45, 2.75) is 12.5 Å². The molecule has 1 saturated heterocycles. The topological polar surface area (TPSA) is 24.9 Å². The van der Waals surface area contributed by atoms with E-state index < -0.39 is 0 Å². The average Bonchev–Trinajstić information content (AvgIpc) is 1.90. The first-order valence-electron chi connectivity index (χ1n) is 3.71. The van der Waals surface area contributed by atoms with Crippen LogP contribution in [0.5, 0.6) is 0 Å². The summed E-state index contributed by atoms with van der Waals surface area (Å²) in [5.41, 5.74) is 1.15. The highest BCUT2D eigenvalue weighted by Crippen LogP contribution is 2.21. The Kier molecular flexibility index (Phi) is 1.92. The maximum absolute atomic E-state index is 4.29. The van der Waals surface area contributed by atoms with Gasteiger partial charge >= 0.3 is 0 Å². The summed E-state index contributed by atoms with van der Waals surface area (Å²) in [5.74, 6) is 0. The zero-order chi connectivity index (χ0) is 7.68. The standard InChI is InChI=1S/C8H9BrN2/c9-6-1-2-7(11-5-6)8-3-4-10-8/h1-2,5,8,10H,3-4H2. The Morgan fingerprint density at radius 2 is 2.36 bits per heavy atom. The lowest BCUT2D eigenvalue weighted by Gasteiger charge is -2.26. The van der Waals surface area contributed by atoms with Crippen LogP contribution in [-0.4, -0.2) is 11.5 Å². The van der Waals surface area contributed by atoms with Crippen LogP contribution < -0.4 is 5.32 Å². The maximum atomic E-state index is 4.29. The van der Waals surface area contributed by atoms with Crippen molar-refractivity contribution in [3.8, 4) is 0 Å². The Labute approximate surface area is 74.2 Å². The van der Waals surface area contributed by atoms with Crippen molar-refractivity contribution in [2.24, 2.45) is 0 Å². The van der Waals surface area contributed by atoms with Crippen LogP contribution in [-0.2, 0) is 0 Å². The number of halogens is 1. The fourth-order valence-corrected chi connectivity index (χ4v) is 1.37. The molecule has 58 valence electrons. The van der Waals surface area contributed by atoms with Gasteiger partial charge in [-0.25, -0.2) is 0 Å². The molecule has 1 atom stereocenters. The van der Waals surface area contributed by atoms with Gasteiger partial charge in [-0.15, -0.1) is 0 Å². The molecule has 0 radical (unpaired) electrons. The van der Waals surface area contributed by atoms with E-state index in [-0.39, 0.29) is 0 Å². The predicted molar refractivity (Wildman–Crippen MR) is 47.3 cm³/mol. The third-order valence-electron chi connectivity index (χ3n) is 1.93. The summed E-state index contributed by atoms with van der Waals surface area (Å²) in [6, 6.07) is 4.59. The molecule has 1 fully saturated rings. The number of rotatable bonds is 1. The van der Waals surface area contributed by atoms with E-state index in [1.807, 2.05) is 12.3 Å². The Morgan fingerprint density at radius 1 is 1.55 bits per heavy atom. The molecular weight excluding hydrogens is 204 g/mol. The van der Waals surface area contributed by atoms with Crippen molar-refractivity contribution in [1.82, 2.24) is 10.3 Å². The molecule has 1 aromatic rings. The minimum absolute atomic E-state index is 0.503. The highest BCUT2D eigenvalue weighted by molar-refractivity contribution is 9.10.